The summed E-state index contributed by atoms with van der Waals surface area (Å²) in [7, 11) is 0. The van der Waals surface area contributed by atoms with E-state index in [0.29, 0.717) is 0 Å². The van der Waals surface area contributed by atoms with Gasteiger partial charge >= 0.3 is 0 Å². The number of halogens is 1. The second-order valence-corrected chi connectivity index (χ2v) is 6.11. The number of nitrogens with one attached hydrogen (secondary N) is 1. The highest BCUT2D eigenvalue weighted by Crippen LogP contribution is 2.26. The van der Waals surface area contributed by atoms with Gasteiger partial charge in [0.25, 0.3) is 0 Å². The van der Waals surface area contributed by atoms with E-state index in [4.69, 9.17) is 11.6 Å². The van der Waals surface area contributed by atoms with Crippen molar-refractivity contribution in [1.82, 2.24) is 14.1 Å². The molecule has 1 unspecified atom stereocenters. The normalized spacial score (nSPS) is 12.8. The van der Waals surface area contributed by atoms with Crippen LogP contribution in [0.15, 0.2) is 18.3 Å². The highest BCUT2D eigenvalue weighted by Gasteiger charge is 2.15. The zero-order chi connectivity index (χ0) is 12.1. The standard InChI is InChI=1S/C11H14ClN3S2/c1-2-5-13-9(10-7-14-17-15-10)6-8-3-4-11(12)16-8/h3-4,7,9,13H,2,5-6H2,1H3. The van der Waals surface area contributed by atoms with E-state index in [-0.39, 0.29) is 6.04 Å². The summed E-state index contributed by atoms with van der Waals surface area (Å²) < 4.78 is 9.22. The summed E-state index contributed by atoms with van der Waals surface area (Å²) in [5.74, 6) is 0. The lowest BCUT2D eigenvalue weighted by Gasteiger charge is -2.14. The Morgan fingerprint density at radius 1 is 1.47 bits per heavy atom. The molecule has 0 saturated carbocycles. The molecular weight excluding hydrogens is 274 g/mol. The molecule has 2 aromatic heterocycles. The molecule has 17 heavy (non-hydrogen) atoms. The monoisotopic (exact) mass is 287 g/mol. The van der Waals surface area contributed by atoms with Gasteiger partial charge in [0.2, 0.25) is 0 Å². The minimum absolute atomic E-state index is 0.239. The average molecular weight is 288 g/mol. The van der Waals surface area contributed by atoms with Crippen LogP contribution >= 0.6 is 34.7 Å². The third-order valence-corrected chi connectivity index (χ3v) is 4.16. The van der Waals surface area contributed by atoms with Crippen LogP contribution < -0.4 is 5.32 Å². The van der Waals surface area contributed by atoms with Gasteiger partial charge in [-0.15, -0.1) is 11.3 Å². The maximum absolute atomic E-state index is 5.95. The minimum atomic E-state index is 0.239. The smallest absolute Gasteiger partial charge is 0.0931 e. The van der Waals surface area contributed by atoms with Crippen LogP contribution in [0.25, 0.3) is 0 Å². The van der Waals surface area contributed by atoms with Crippen molar-refractivity contribution in [2.75, 3.05) is 6.54 Å². The Hall–Kier alpha value is -0.490. The van der Waals surface area contributed by atoms with Gasteiger partial charge in [-0.05, 0) is 25.1 Å². The van der Waals surface area contributed by atoms with E-state index >= 15 is 0 Å². The van der Waals surface area contributed by atoms with Crippen molar-refractivity contribution in [2.24, 2.45) is 0 Å². The Balaban J connectivity index is 2.05. The Morgan fingerprint density at radius 2 is 2.35 bits per heavy atom. The van der Waals surface area contributed by atoms with Gasteiger partial charge in [0.15, 0.2) is 0 Å². The molecule has 0 radical (unpaired) electrons. The second-order valence-electron chi connectivity index (χ2n) is 3.75. The van der Waals surface area contributed by atoms with Crippen molar-refractivity contribution in [2.45, 2.75) is 25.8 Å². The fraction of sp³-hybridized carbons (Fsp3) is 0.455. The van der Waals surface area contributed by atoms with Crippen molar-refractivity contribution in [3.8, 4) is 0 Å². The maximum atomic E-state index is 5.95. The van der Waals surface area contributed by atoms with Crippen LogP contribution in [0.2, 0.25) is 4.34 Å². The molecule has 1 N–H and O–H groups in total. The molecule has 0 aliphatic heterocycles. The first-order chi connectivity index (χ1) is 8.29. The Labute approximate surface area is 114 Å². The molecule has 6 heteroatoms. The van der Waals surface area contributed by atoms with Gasteiger partial charge in [-0.3, -0.25) is 0 Å². The number of thiophene rings is 1. The molecule has 2 aromatic rings. The second kappa shape index (κ2) is 6.44. The first-order valence-electron chi connectivity index (χ1n) is 5.54. The number of nitrogens with zero attached hydrogens (tertiary/aromatic N) is 2. The first-order valence-corrected chi connectivity index (χ1v) is 7.47. The van der Waals surface area contributed by atoms with Crippen LogP contribution in [0, 0.1) is 0 Å². The van der Waals surface area contributed by atoms with Gasteiger partial charge < -0.3 is 5.32 Å². The van der Waals surface area contributed by atoms with Gasteiger partial charge in [-0.25, -0.2) is 0 Å². The first kappa shape index (κ1) is 13.0. The lowest BCUT2D eigenvalue weighted by Crippen LogP contribution is -2.24. The fourth-order valence-electron chi connectivity index (χ4n) is 1.59. The van der Waals surface area contributed by atoms with E-state index in [2.05, 4.69) is 27.1 Å². The van der Waals surface area contributed by atoms with E-state index in [9.17, 15) is 0 Å². The van der Waals surface area contributed by atoms with Crippen LogP contribution in [-0.4, -0.2) is 15.3 Å². The van der Waals surface area contributed by atoms with E-state index in [1.807, 2.05) is 12.3 Å². The summed E-state index contributed by atoms with van der Waals surface area (Å²) >= 11 is 8.83. The fourth-order valence-corrected chi connectivity index (χ4v) is 3.19. The Kier molecular flexibility index (Phi) is 4.91. The number of hydrogen-bond acceptors (Lipinski definition) is 5. The number of aromatic nitrogens is 2. The SMILES string of the molecule is CCCNC(Cc1ccc(Cl)s1)c1cnsn1. The van der Waals surface area contributed by atoms with Crippen LogP contribution in [0.1, 0.15) is 30.0 Å². The summed E-state index contributed by atoms with van der Waals surface area (Å²) in [6.07, 6.45) is 3.87. The van der Waals surface area contributed by atoms with Crippen LogP contribution in [0.3, 0.4) is 0 Å². The van der Waals surface area contributed by atoms with Gasteiger partial charge in [-0.1, -0.05) is 18.5 Å². The topological polar surface area (TPSA) is 37.8 Å². The maximum Gasteiger partial charge on any atom is 0.0931 e. The predicted octanol–water partition coefficient (Wildman–Crippen LogP) is 3.54. The highest BCUT2D eigenvalue weighted by molar-refractivity contribution is 7.16. The number of rotatable bonds is 6. The lowest BCUT2D eigenvalue weighted by molar-refractivity contribution is 0.524. The van der Waals surface area contributed by atoms with E-state index in [1.54, 1.807) is 11.3 Å². The van der Waals surface area contributed by atoms with Crippen molar-refractivity contribution >= 4 is 34.7 Å². The van der Waals surface area contributed by atoms with Crippen LogP contribution in [-0.2, 0) is 6.42 Å². The molecule has 2 heterocycles. The number of hydrogen-bond donors (Lipinski definition) is 1. The van der Waals surface area contributed by atoms with Crippen molar-refractivity contribution < 1.29 is 0 Å². The molecule has 0 aromatic carbocycles. The van der Waals surface area contributed by atoms with E-state index in [0.717, 1.165) is 29.4 Å². The van der Waals surface area contributed by atoms with Crippen molar-refractivity contribution in [3.05, 3.63) is 33.2 Å². The molecule has 0 aliphatic rings. The van der Waals surface area contributed by atoms with Crippen LogP contribution in [0.4, 0.5) is 0 Å². The summed E-state index contributed by atoms with van der Waals surface area (Å²) in [5, 5.41) is 3.50. The molecule has 3 nitrogen and oxygen atoms in total. The largest absolute Gasteiger partial charge is 0.308 e. The molecule has 0 spiro atoms. The molecule has 2 rings (SSSR count). The molecule has 0 bridgehead atoms. The summed E-state index contributed by atoms with van der Waals surface area (Å²) in [5.41, 5.74) is 1.02. The zero-order valence-corrected chi connectivity index (χ0v) is 11.9. The summed E-state index contributed by atoms with van der Waals surface area (Å²) in [6.45, 7) is 3.15. The summed E-state index contributed by atoms with van der Waals surface area (Å²) in [6, 6.07) is 4.26. The molecule has 0 aliphatic carbocycles. The highest BCUT2D eigenvalue weighted by atomic mass is 35.5. The third kappa shape index (κ3) is 3.74. The Morgan fingerprint density at radius 3 is 2.94 bits per heavy atom. The molecule has 0 amide bonds. The summed E-state index contributed by atoms with van der Waals surface area (Å²) in [4.78, 5) is 1.27. The van der Waals surface area contributed by atoms with Gasteiger partial charge in [-0.2, -0.15) is 8.75 Å². The Bertz CT molecular complexity index is 441. The minimum Gasteiger partial charge on any atom is -0.308 e. The van der Waals surface area contributed by atoms with Crippen molar-refractivity contribution in [1.29, 1.82) is 0 Å². The third-order valence-electron chi connectivity index (χ3n) is 2.41. The van der Waals surface area contributed by atoms with Gasteiger partial charge in [0.05, 0.1) is 34.0 Å². The van der Waals surface area contributed by atoms with E-state index in [1.165, 1.54) is 16.6 Å². The zero-order valence-electron chi connectivity index (χ0n) is 9.52. The molecular formula is C11H14ClN3S2. The van der Waals surface area contributed by atoms with Crippen molar-refractivity contribution in [3.63, 3.8) is 0 Å². The molecule has 0 saturated heterocycles. The predicted molar refractivity (Wildman–Crippen MR) is 74.0 cm³/mol. The van der Waals surface area contributed by atoms with Crippen LogP contribution in [0.5, 0.6) is 0 Å². The van der Waals surface area contributed by atoms with E-state index < -0.39 is 0 Å². The molecule has 0 fully saturated rings. The average Bonchev–Trinajstić information content (AvgIpc) is 2.95. The molecule has 92 valence electrons. The lowest BCUT2D eigenvalue weighted by atomic mass is 10.1. The van der Waals surface area contributed by atoms with Gasteiger partial charge in [0, 0.05) is 11.3 Å². The quantitative estimate of drug-likeness (QED) is 0.883. The van der Waals surface area contributed by atoms with Gasteiger partial charge in [0.1, 0.15) is 0 Å². The molecule has 1 atom stereocenters.